The van der Waals surface area contributed by atoms with E-state index in [1.54, 1.807) is 14.2 Å². The topological polar surface area (TPSA) is 69.2 Å². The number of methoxy groups -OCH3 is 1. The number of rotatable bonds is 7. The zero-order valence-electron chi connectivity index (χ0n) is 19.0. The van der Waals surface area contributed by atoms with Gasteiger partial charge in [0.05, 0.1) is 19.7 Å². The van der Waals surface area contributed by atoms with Crippen LogP contribution in [-0.4, -0.2) is 63.6 Å². The van der Waals surface area contributed by atoms with Gasteiger partial charge < -0.3 is 20.3 Å². The Balaban J connectivity index is 1.36. The summed E-state index contributed by atoms with van der Waals surface area (Å²) >= 11 is 0. The number of guanidine groups is 1. The Hall–Kier alpha value is -3.06. The highest BCUT2D eigenvalue weighted by molar-refractivity contribution is 5.98. The zero-order valence-corrected chi connectivity index (χ0v) is 19.0. The molecular weight excluding hydrogens is 402 g/mol. The van der Waals surface area contributed by atoms with Crippen LogP contribution in [0.4, 0.5) is 5.69 Å². The molecule has 2 aromatic rings. The van der Waals surface area contributed by atoms with E-state index < -0.39 is 0 Å². The van der Waals surface area contributed by atoms with Crippen LogP contribution >= 0.6 is 0 Å². The largest absolute Gasteiger partial charge is 0.497 e. The van der Waals surface area contributed by atoms with E-state index in [2.05, 4.69) is 38.7 Å². The van der Waals surface area contributed by atoms with Gasteiger partial charge in [0.15, 0.2) is 5.96 Å². The minimum Gasteiger partial charge on any atom is -0.497 e. The van der Waals surface area contributed by atoms with Crippen molar-refractivity contribution in [3.63, 3.8) is 0 Å². The van der Waals surface area contributed by atoms with Crippen molar-refractivity contribution in [3.8, 4) is 5.75 Å². The molecule has 7 nitrogen and oxygen atoms in total. The van der Waals surface area contributed by atoms with Crippen LogP contribution in [0.15, 0.2) is 53.5 Å². The number of carbonyl (C=O) groups excluding carboxylic acids is 1. The average molecular weight is 436 g/mol. The summed E-state index contributed by atoms with van der Waals surface area (Å²) in [6.45, 7) is 3.82. The summed E-state index contributed by atoms with van der Waals surface area (Å²) in [6, 6.07) is 16.6. The smallest absolute Gasteiger partial charge is 0.246 e. The molecule has 7 heteroatoms. The fraction of sp³-hybridized carbons (Fsp3) is 0.440. The van der Waals surface area contributed by atoms with Crippen LogP contribution in [0.1, 0.15) is 30.0 Å². The number of nitrogens with one attached hydrogen (secondary N) is 2. The van der Waals surface area contributed by atoms with Gasteiger partial charge in [-0.1, -0.05) is 30.3 Å². The summed E-state index contributed by atoms with van der Waals surface area (Å²) in [5.41, 5.74) is 3.48. The zero-order chi connectivity index (χ0) is 22.3. The lowest BCUT2D eigenvalue weighted by Gasteiger charge is -2.29. The van der Waals surface area contributed by atoms with Gasteiger partial charge in [-0.3, -0.25) is 14.7 Å². The third kappa shape index (κ3) is 5.05. The minimum absolute atomic E-state index is 0.0572. The first-order chi connectivity index (χ1) is 15.7. The molecule has 2 aliphatic rings. The molecule has 2 heterocycles. The number of likely N-dealkylation sites (tertiary alicyclic amines) is 1. The highest BCUT2D eigenvalue weighted by atomic mass is 16.5. The first kappa shape index (κ1) is 22.1. The van der Waals surface area contributed by atoms with Crippen LogP contribution in [0.2, 0.25) is 0 Å². The van der Waals surface area contributed by atoms with Gasteiger partial charge in [0, 0.05) is 25.8 Å². The molecule has 1 saturated heterocycles. The molecule has 0 bridgehead atoms. The maximum atomic E-state index is 12.8. The lowest BCUT2D eigenvalue weighted by molar-refractivity contribution is -0.117. The predicted molar refractivity (Wildman–Crippen MR) is 128 cm³/mol. The summed E-state index contributed by atoms with van der Waals surface area (Å²) in [4.78, 5) is 21.5. The molecule has 1 atom stereocenters. The number of fused-ring (bicyclic) bond motifs is 1. The number of ether oxygens (including phenoxy) is 1. The second kappa shape index (κ2) is 10.5. The van der Waals surface area contributed by atoms with Crippen molar-refractivity contribution in [2.45, 2.75) is 25.3 Å². The van der Waals surface area contributed by atoms with Gasteiger partial charge in [-0.05, 0) is 61.7 Å². The van der Waals surface area contributed by atoms with Crippen molar-refractivity contribution in [2.24, 2.45) is 4.99 Å². The highest BCUT2D eigenvalue weighted by Gasteiger charge is 2.25. The van der Waals surface area contributed by atoms with Crippen molar-refractivity contribution in [3.05, 3.63) is 59.7 Å². The fourth-order valence-electron chi connectivity index (χ4n) is 4.63. The number of para-hydroxylation sites is 1. The maximum Gasteiger partial charge on any atom is 0.246 e. The third-order valence-corrected chi connectivity index (χ3v) is 6.34. The van der Waals surface area contributed by atoms with Crippen LogP contribution in [0.5, 0.6) is 5.75 Å². The minimum atomic E-state index is 0.0572. The van der Waals surface area contributed by atoms with E-state index in [1.165, 1.54) is 24.0 Å². The van der Waals surface area contributed by atoms with E-state index >= 15 is 0 Å². The second-order valence-corrected chi connectivity index (χ2v) is 8.27. The molecule has 1 fully saturated rings. The number of anilines is 1. The van der Waals surface area contributed by atoms with Crippen molar-refractivity contribution in [2.75, 3.05) is 51.8 Å². The number of amides is 1. The van der Waals surface area contributed by atoms with Gasteiger partial charge in [-0.15, -0.1) is 0 Å². The Bertz CT molecular complexity index is 955. The summed E-state index contributed by atoms with van der Waals surface area (Å²) in [5.74, 6) is 1.56. The maximum absolute atomic E-state index is 12.8. The summed E-state index contributed by atoms with van der Waals surface area (Å²) in [7, 11) is 3.44. The summed E-state index contributed by atoms with van der Waals surface area (Å²) < 4.78 is 5.44. The molecule has 170 valence electrons. The van der Waals surface area contributed by atoms with Gasteiger partial charge in [0.2, 0.25) is 5.91 Å². The van der Waals surface area contributed by atoms with Crippen molar-refractivity contribution in [1.29, 1.82) is 0 Å². The van der Waals surface area contributed by atoms with Gasteiger partial charge in [0.25, 0.3) is 0 Å². The number of hydrogen-bond acceptors (Lipinski definition) is 4. The SMILES string of the molecule is CN=C(NCC(=O)N1CCc2ccccc21)NCC(c1cccc(OC)c1)N1CCCC1. The second-order valence-electron chi connectivity index (χ2n) is 8.27. The summed E-state index contributed by atoms with van der Waals surface area (Å²) in [6.07, 6.45) is 3.35. The Labute approximate surface area is 190 Å². The fourth-order valence-corrected chi connectivity index (χ4v) is 4.63. The number of benzene rings is 2. The Morgan fingerprint density at radius 2 is 1.91 bits per heavy atom. The van der Waals surface area contributed by atoms with E-state index in [-0.39, 0.29) is 18.5 Å². The summed E-state index contributed by atoms with van der Waals surface area (Å²) in [5, 5.41) is 6.63. The van der Waals surface area contributed by atoms with E-state index in [9.17, 15) is 4.79 Å². The number of hydrogen-bond donors (Lipinski definition) is 2. The molecule has 0 aromatic heterocycles. The molecule has 0 saturated carbocycles. The Morgan fingerprint density at radius 3 is 2.69 bits per heavy atom. The molecule has 1 unspecified atom stereocenters. The van der Waals surface area contributed by atoms with Gasteiger partial charge >= 0.3 is 0 Å². The highest BCUT2D eigenvalue weighted by Crippen LogP contribution is 2.28. The van der Waals surface area contributed by atoms with Gasteiger partial charge in [0.1, 0.15) is 5.75 Å². The van der Waals surface area contributed by atoms with Gasteiger partial charge in [-0.2, -0.15) is 0 Å². The van der Waals surface area contributed by atoms with Gasteiger partial charge in [-0.25, -0.2) is 0 Å². The van der Waals surface area contributed by atoms with Crippen molar-refractivity contribution < 1.29 is 9.53 Å². The van der Waals surface area contributed by atoms with Crippen LogP contribution < -0.4 is 20.3 Å². The number of aliphatic imine (C=N–C) groups is 1. The van der Waals surface area contributed by atoms with E-state index in [0.29, 0.717) is 12.5 Å². The molecule has 0 spiro atoms. The van der Waals surface area contributed by atoms with Crippen LogP contribution in [0.25, 0.3) is 0 Å². The lowest BCUT2D eigenvalue weighted by Crippen LogP contribution is -2.46. The van der Waals surface area contributed by atoms with Crippen LogP contribution in [0, 0.1) is 0 Å². The first-order valence-electron chi connectivity index (χ1n) is 11.4. The molecule has 32 heavy (non-hydrogen) atoms. The van der Waals surface area contributed by atoms with Crippen LogP contribution in [0.3, 0.4) is 0 Å². The predicted octanol–water partition coefficient (Wildman–Crippen LogP) is 2.59. The lowest BCUT2D eigenvalue weighted by atomic mass is 10.1. The number of nitrogens with zero attached hydrogens (tertiary/aromatic N) is 3. The first-order valence-corrected chi connectivity index (χ1v) is 11.4. The third-order valence-electron chi connectivity index (χ3n) is 6.34. The molecule has 0 radical (unpaired) electrons. The van der Waals surface area contributed by atoms with Crippen molar-refractivity contribution in [1.82, 2.24) is 15.5 Å². The molecule has 1 amide bonds. The standard InChI is InChI=1S/C25H33N5O2/c1-26-25(28-18-24(31)30-15-12-19-8-3-4-11-22(19)30)27-17-23(29-13-5-6-14-29)20-9-7-10-21(16-20)32-2/h3-4,7-11,16,23H,5-6,12-15,17-18H2,1-2H3,(H2,26,27,28). The number of carbonyl (C=O) groups is 1. The Kier molecular flexibility index (Phi) is 7.27. The Morgan fingerprint density at radius 1 is 1.09 bits per heavy atom. The van der Waals surface area contributed by atoms with Crippen molar-refractivity contribution >= 4 is 17.6 Å². The quantitative estimate of drug-likeness (QED) is 0.517. The van der Waals surface area contributed by atoms with Crippen LogP contribution in [-0.2, 0) is 11.2 Å². The van der Waals surface area contributed by atoms with E-state index in [4.69, 9.17) is 4.74 Å². The molecule has 2 aromatic carbocycles. The molecular formula is C25H33N5O2. The normalized spacial score (nSPS) is 17.2. The average Bonchev–Trinajstić information content (AvgIpc) is 3.51. The van der Waals surface area contributed by atoms with E-state index in [0.717, 1.165) is 37.5 Å². The van der Waals surface area contributed by atoms with E-state index in [1.807, 2.05) is 35.2 Å². The molecule has 2 aliphatic heterocycles. The molecule has 0 aliphatic carbocycles. The molecule has 2 N–H and O–H groups in total. The monoisotopic (exact) mass is 435 g/mol. The molecule has 4 rings (SSSR count).